The Labute approximate surface area is 138 Å². The van der Waals surface area contributed by atoms with Crippen LogP contribution in [0.2, 0.25) is 0 Å². The number of hydrogen-bond donors (Lipinski definition) is 1. The number of carbonyl (C=O) groups is 1. The van der Waals surface area contributed by atoms with Gasteiger partial charge in [0.25, 0.3) is 5.91 Å². The van der Waals surface area contributed by atoms with Crippen molar-refractivity contribution in [2.75, 3.05) is 5.32 Å². The summed E-state index contributed by atoms with van der Waals surface area (Å²) in [6.45, 7) is 0. The lowest BCUT2D eigenvalue weighted by Crippen LogP contribution is -2.09. The van der Waals surface area contributed by atoms with Crippen molar-refractivity contribution < 1.29 is 4.79 Å². The van der Waals surface area contributed by atoms with Crippen molar-refractivity contribution in [3.63, 3.8) is 0 Å². The Morgan fingerprint density at radius 1 is 1.14 bits per heavy atom. The zero-order valence-electron chi connectivity index (χ0n) is 12.4. The largest absolute Gasteiger partial charge is 0.297 e. The Hall–Kier alpha value is -1.27. The van der Waals surface area contributed by atoms with Gasteiger partial charge >= 0.3 is 0 Å². The number of anilines is 1. The van der Waals surface area contributed by atoms with Gasteiger partial charge in [0.1, 0.15) is 4.88 Å². The molecule has 0 aliphatic heterocycles. The van der Waals surface area contributed by atoms with E-state index < -0.39 is 0 Å². The third kappa shape index (κ3) is 3.08. The molecule has 0 spiro atoms. The molecular formula is C16H19N3OS2. The maximum Gasteiger partial charge on any atom is 0.269 e. The first-order chi connectivity index (χ1) is 10.8. The van der Waals surface area contributed by atoms with Crippen LogP contribution < -0.4 is 5.32 Å². The third-order valence-electron chi connectivity index (χ3n) is 4.24. The fourth-order valence-corrected chi connectivity index (χ4v) is 4.86. The molecule has 2 aromatic rings. The van der Waals surface area contributed by atoms with Crippen LogP contribution in [0.3, 0.4) is 0 Å². The minimum absolute atomic E-state index is 0.0638. The van der Waals surface area contributed by atoms with E-state index in [-0.39, 0.29) is 5.91 Å². The highest BCUT2D eigenvalue weighted by Gasteiger charge is 2.27. The molecule has 116 valence electrons. The minimum atomic E-state index is -0.0638. The van der Waals surface area contributed by atoms with E-state index in [1.165, 1.54) is 60.4 Å². The number of carbonyl (C=O) groups excluding carboxylic acids is 1. The second kappa shape index (κ2) is 6.08. The molecule has 2 aromatic heterocycles. The summed E-state index contributed by atoms with van der Waals surface area (Å²) in [5.41, 5.74) is 1.20. The highest BCUT2D eigenvalue weighted by atomic mass is 32.1. The average Bonchev–Trinajstić information content (AvgIpc) is 3.10. The highest BCUT2D eigenvalue weighted by molar-refractivity contribution is 7.16. The zero-order valence-corrected chi connectivity index (χ0v) is 14.1. The maximum atomic E-state index is 12.3. The third-order valence-corrected chi connectivity index (χ3v) is 6.47. The van der Waals surface area contributed by atoms with Crippen LogP contribution >= 0.6 is 22.7 Å². The normalized spacial score (nSPS) is 18.4. The summed E-state index contributed by atoms with van der Waals surface area (Å²) in [4.78, 5) is 23.4. The molecule has 0 unspecified atom stereocenters. The first-order valence-corrected chi connectivity index (χ1v) is 9.68. The Morgan fingerprint density at radius 3 is 2.77 bits per heavy atom. The van der Waals surface area contributed by atoms with Crippen molar-refractivity contribution in [1.29, 1.82) is 0 Å². The molecule has 6 heteroatoms. The van der Waals surface area contributed by atoms with Gasteiger partial charge in [0.2, 0.25) is 0 Å². The van der Waals surface area contributed by atoms with Crippen molar-refractivity contribution in [3.8, 4) is 0 Å². The fraction of sp³-hybridized carbons (Fsp3) is 0.562. The van der Waals surface area contributed by atoms with Crippen LogP contribution in [0, 0.1) is 0 Å². The average molecular weight is 333 g/mol. The van der Waals surface area contributed by atoms with Gasteiger partial charge < -0.3 is 0 Å². The number of nitrogens with one attached hydrogen (secondary N) is 1. The van der Waals surface area contributed by atoms with E-state index in [1.807, 2.05) is 0 Å². The number of hydrogen-bond acceptors (Lipinski definition) is 5. The number of aryl methyl sites for hydroxylation is 2. The first-order valence-electron chi connectivity index (χ1n) is 8.05. The van der Waals surface area contributed by atoms with Crippen LogP contribution in [0.5, 0.6) is 0 Å². The van der Waals surface area contributed by atoms with Gasteiger partial charge in [0.05, 0.1) is 16.9 Å². The number of rotatable bonds is 3. The maximum absolute atomic E-state index is 12.3. The summed E-state index contributed by atoms with van der Waals surface area (Å²) in [6, 6.07) is 0. The van der Waals surface area contributed by atoms with E-state index >= 15 is 0 Å². The van der Waals surface area contributed by atoms with Crippen molar-refractivity contribution in [2.24, 2.45) is 0 Å². The van der Waals surface area contributed by atoms with E-state index in [1.54, 1.807) is 17.5 Å². The molecular weight excluding hydrogens is 314 g/mol. The second-order valence-electron chi connectivity index (χ2n) is 6.09. The van der Waals surface area contributed by atoms with E-state index in [9.17, 15) is 4.79 Å². The summed E-state index contributed by atoms with van der Waals surface area (Å²) >= 11 is 3.17. The van der Waals surface area contributed by atoms with Crippen LogP contribution in [0.1, 0.15) is 69.7 Å². The number of thiazole rings is 2. The quantitative estimate of drug-likeness (QED) is 0.906. The fourth-order valence-electron chi connectivity index (χ4n) is 2.83. The number of nitrogens with zero attached hydrogens (tertiary/aromatic N) is 2. The monoisotopic (exact) mass is 333 g/mol. The molecule has 0 saturated heterocycles. The standard InChI is InChI=1S/C16H19N3OS2/c20-14(13-9-17-15(21-13)10-7-8-10)19-16-18-11-5-3-1-2-4-6-12(11)22-16/h9-10H,1-8H2,(H,18,19,20). The van der Waals surface area contributed by atoms with Crippen LogP contribution in [-0.2, 0) is 12.8 Å². The molecule has 0 bridgehead atoms. The molecule has 1 saturated carbocycles. The first kappa shape index (κ1) is 14.3. The van der Waals surface area contributed by atoms with E-state index in [0.717, 1.165) is 23.0 Å². The lowest BCUT2D eigenvalue weighted by atomic mass is 10.0. The van der Waals surface area contributed by atoms with Gasteiger partial charge in [-0.25, -0.2) is 9.97 Å². The number of aromatic nitrogens is 2. The van der Waals surface area contributed by atoms with Gasteiger partial charge in [0, 0.05) is 10.8 Å². The minimum Gasteiger partial charge on any atom is -0.297 e. The van der Waals surface area contributed by atoms with Crippen LogP contribution in [0.25, 0.3) is 0 Å². The molecule has 2 heterocycles. The van der Waals surface area contributed by atoms with Gasteiger partial charge in [-0.3, -0.25) is 10.1 Å². The summed E-state index contributed by atoms with van der Waals surface area (Å²) in [6.07, 6.45) is 11.3. The number of fused-ring (bicyclic) bond motifs is 1. The van der Waals surface area contributed by atoms with Gasteiger partial charge in [-0.15, -0.1) is 22.7 Å². The molecule has 0 aromatic carbocycles. The van der Waals surface area contributed by atoms with Crippen molar-refractivity contribution >= 4 is 33.7 Å². The lowest BCUT2D eigenvalue weighted by Gasteiger charge is -2.06. The molecule has 1 fully saturated rings. The summed E-state index contributed by atoms with van der Waals surface area (Å²) < 4.78 is 0. The Bertz CT molecular complexity index is 662. The lowest BCUT2D eigenvalue weighted by molar-refractivity contribution is 0.103. The van der Waals surface area contributed by atoms with E-state index in [0.29, 0.717) is 10.8 Å². The molecule has 1 N–H and O–H groups in total. The van der Waals surface area contributed by atoms with Gasteiger partial charge in [-0.2, -0.15) is 0 Å². The molecule has 4 nitrogen and oxygen atoms in total. The number of amides is 1. The Morgan fingerprint density at radius 2 is 1.95 bits per heavy atom. The summed E-state index contributed by atoms with van der Waals surface area (Å²) in [7, 11) is 0. The van der Waals surface area contributed by atoms with Gasteiger partial charge in [0.15, 0.2) is 5.13 Å². The Kier molecular flexibility index (Phi) is 3.96. The highest BCUT2D eigenvalue weighted by Crippen LogP contribution is 2.41. The molecule has 4 rings (SSSR count). The van der Waals surface area contributed by atoms with Crippen LogP contribution in [0.4, 0.5) is 5.13 Å². The molecule has 2 aliphatic rings. The topological polar surface area (TPSA) is 54.9 Å². The van der Waals surface area contributed by atoms with Crippen LogP contribution in [0.15, 0.2) is 6.20 Å². The smallest absolute Gasteiger partial charge is 0.269 e. The van der Waals surface area contributed by atoms with Crippen molar-refractivity contribution in [2.45, 2.75) is 57.3 Å². The predicted octanol–water partition coefficient (Wildman–Crippen LogP) is 4.39. The van der Waals surface area contributed by atoms with Gasteiger partial charge in [-0.05, 0) is 38.5 Å². The second-order valence-corrected chi connectivity index (χ2v) is 8.24. The SMILES string of the molecule is O=C(Nc1nc2c(s1)CCCCCC2)c1cnc(C2CC2)s1. The van der Waals surface area contributed by atoms with Gasteiger partial charge in [-0.1, -0.05) is 12.8 Å². The van der Waals surface area contributed by atoms with Crippen LogP contribution in [-0.4, -0.2) is 15.9 Å². The van der Waals surface area contributed by atoms with Crippen molar-refractivity contribution in [3.05, 3.63) is 26.7 Å². The summed E-state index contributed by atoms with van der Waals surface area (Å²) in [5, 5.41) is 4.82. The van der Waals surface area contributed by atoms with E-state index in [2.05, 4.69) is 15.3 Å². The zero-order chi connectivity index (χ0) is 14.9. The van der Waals surface area contributed by atoms with E-state index in [4.69, 9.17) is 0 Å². The molecule has 0 radical (unpaired) electrons. The van der Waals surface area contributed by atoms with Crippen molar-refractivity contribution in [1.82, 2.24) is 9.97 Å². The Balaban J connectivity index is 1.47. The molecule has 22 heavy (non-hydrogen) atoms. The molecule has 2 aliphatic carbocycles. The predicted molar refractivity (Wildman–Crippen MR) is 90.0 cm³/mol. The summed E-state index contributed by atoms with van der Waals surface area (Å²) in [5.74, 6) is 0.539. The molecule has 1 amide bonds. The molecule has 0 atom stereocenters.